The smallest absolute Gasteiger partial charge is 0.317 e. The minimum Gasteiger partial charge on any atom is -0.317 e. The summed E-state index contributed by atoms with van der Waals surface area (Å²) in [5.41, 5.74) is 2.77. The van der Waals surface area contributed by atoms with E-state index in [0.29, 0.717) is 11.4 Å². The number of amides is 4. The van der Waals surface area contributed by atoms with Gasteiger partial charge >= 0.3 is 6.03 Å². The molecule has 0 spiro atoms. The minimum atomic E-state index is -0.754. The summed E-state index contributed by atoms with van der Waals surface area (Å²) >= 11 is 0. The van der Waals surface area contributed by atoms with Crippen LogP contribution in [0.3, 0.4) is 0 Å². The second kappa shape index (κ2) is 7.00. The number of urea groups is 1. The Hall–Kier alpha value is -3.93. The van der Waals surface area contributed by atoms with Crippen LogP contribution in [-0.4, -0.2) is 22.4 Å². The SMILES string of the molecule is Cc1cccc(N2C(=O)NC(=O)/C(=C\c3cccn3-c3ccccc3)C2=O)c1. The molecule has 4 amide bonds. The van der Waals surface area contributed by atoms with Crippen LogP contribution in [0, 0.1) is 6.92 Å². The van der Waals surface area contributed by atoms with E-state index < -0.39 is 17.8 Å². The van der Waals surface area contributed by atoms with Gasteiger partial charge in [-0.05, 0) is 55.0 Å². The van der Waals surface area contributed by atoms with Gasteiger partial charge in [0.1, 0.15) is 5.57 Å². The summed E-state index contributed by atoms with van der Waals surface area (Å²) < 4.78 is 1.86. The number of hydrogen-bond acceptors (Lipinski definition) is 3. The molecule has 1 aromatic heterocycles. The first-order valence-electron chi connectivity index (χ1n) is 8.75. The number of barbiturate groups is 1. The lowest BCUT2D eigenvalue weighted by Crippen LogP contribution is -2.54. The van der Waals surface area contributed by atoms with E-state index in [2.05, 4.69) is 5.32 Å². The summed E-state index contributed by atoms with van der Waals surface area (Å²) in [6, 6.07) is 19.4. The quantitative estimate of drug-likeness (QED) is 0.566. The Labute approximate surface area is 161 Å². The molecule has 1 saturated heterocycles. The standard InChI is InChI=1S/C22H17N3O3/c1-15-7-5-10-18(13-15)25-21(27)19(20(26)23-22(25)28)14-17-11-6-12-24(17)16-8-3-2-4-9-16/h2-14H,1H3,(H,23,26,28)/b19-14+. The van der Waals surface area contributed by atoms with E-state index in [-0.39, 0.29) is 5.57 Å². The van der Waals surface area contributed by atoms with Crippen molar-refractivity contribution in [3.63, 3.8) is 0 Å². The number of carbonyl (C=O) groups excluding carboxylic acids is 3. The molecule has 0 atom stereocenters. The van der Waals surface area contributed by atoms with Gasteiger partial charge in [-0.15, -0.1) is 0 Å². The van der Waals surface area contributed by atoms with Crippen LogP contribution in [0.25, 0.3) is 11.8 Å². The van der Waals surface area contributed by atoms with Gasteiger partial charge in [-0.2, -0.15) is 0 Å². The molecule has 0 radical (unpaired) electrons. The van der Waals surface area contributed by atoms with E-state index >= 15 is 0 Å². The van der Waals surface area contributed by atoms with E-state index in [4.69, 9.17) is 0 Å². The van der Waals surface area contributed by atoms with Crippen molar-refractivity contribution in [1.82, 2.24) is 9.88 Å². The number of aryl methyl sites for hydroxylation is 1. The Kier molecular flexibility index (Phi) is 4.37. The molecule has 28 heavy (non-hydrogen) atoms. The van der Waals surface area contributed by atoms with Crippen molar-refractivity contribution < 1.29 is 14.4 Å². The summed E-state index contributed by atoms with van der Waals surface area (Å²) in [4.78, 5) is 38.7. The predicted octanol–water partition coefficient (Wildman–Crippen LogP) is 3.45. The molecule has 138 valence electrons. The maximum absolute atomic E-state index is 13.0. The molecule has 0 unspecified atom stereocenters. The highest BCUT2D eigenvalue weighted by Gasteiger charge is 2.37. The molecule has 1 aliphatic heterocycles. The topological polar surface area (TPSA) is 71.4 Å². The van der Waals surface area contributed by atoms with Crippen LogP contribution in [0.15, 0.2) is 78.5 Å². The van der Waals surface area contributed by atoms with E-state index in [0.717, 1.165) is 16.2 Å². The average molecular weight is 371 g/mol. The summed E-state index contributed by atoms with van der Waals surface area (Å²) in [6.45, 7) is 1.87. The summed E-state index contributed by atoms with van der Waals surface area (Å²) in [5, 5.41) is 2.25. The van der Waals surface area contributed by atoms with Crippen LogP contribution >= 0.6 is 0 Å². The fraction of sp³-hybridized carbons (Fsp3) is 0.0455. The average Bonchev–Trinajstić information content (AvgIpc) is 3.14. The number of nitrogens with zero attached hydrogens (tertiary/aromatic N) is 2. The Balaban J connectivity index is 1.76. The van der Waals surface area contributed by atoms with Gasteiger partial charge < -0.3 is 4.57 Å². The number of aromatic nitrogens is 1. The molecule has 0 bridgehead atoms. The summed E-state index contributed by atoms with van der Waals surface area (Å²) in [7, 11) is 0. The molecule has 0 aliphatic carbocycles. The molecule has 1 N–H and O–H groups in total. The fourth-order valence-corrected chi connectivity index (χ4v) is 3.14. The maximum Gasteiger partial charge on any atom is 0.335 e. The number of carbonyl (C=O) groups is 3. The lowest BCUT2D eigenvalue weighted by atomic mass is 10.1. The molecule has 0 saturated carbocycles. The molecular formula is C22H17N3O3. The number of para-hydroxylation sites is 1. The third-order valence-corrected chi connectivity index (χ3v) is 4.47. The zero-order valence-corrected chi connectivity index (χ0v) is 15.1. The normalized spacial score (nSPS) is 15.8. The predicted molar refractivity (Wildman–Crippen MR) is 106 cm³/mol. The van der Waals surface area contributed by atoms with Gasteiger partial charge in [-0.3, -0.25) is 14.9 Å². The molecule has 2 heterocycles. The number of anilines is 1. The molecule has 4 rings (SSSR count). The first kappa shape index (κ1) is 17.5. The van der Waals surface area contributed by atoms with Crippen molar-refractivity contribution in [3.05, 3.63) is 89.8 Å². The van der Waals surface area contributed by atoms with Crippen molar-refractivity contribution in [2.24, 2.45) is 0 Å². The molecule has 1 fully saturated rings. The van der Waals surface area contributed by atoms with E-state index in [1.807, 2.05) is 60.2 Å². The first-order valence-corrected chi connectivity index (χ1v) is 8.75. The monoisotopic (exact) mass is 371 g/mol. The van der Waals surface area contributed by atoms with E-state index in [1.54, 1.807) is 24.3 Å². The van der Waals surface area contributed by atoms with Gasteiger partial charge in [-0.1, -0.05) is 30.3 Å². The van der Waals surface area contributed by atoms with Crippen LogP contribution in [0.1, 0.15) is 11.3 Å². The highest BCUT2D eigenvalue weighted by Crippen LogP contribution is 2.23. The molecule has 2 aromatic carbocycles. The second-order valence-electron chi connectivity index (χ2n) is 6.44. The summed E-state index contributed by atoms with van der Waals surface area (Å²) in [5.74, 6) is -1.36. The zero-order chi connectivity index (χ0) is 19.7. The Morgan fingerprint density at radius 1 is 0.857 bits per heavy atom. The lowest BCUT2D eigenvalue weighted by molar-refractivity contribution is -0.122. The maximum atomic E-state index is 13.0. The van der Waals surface area contributed by atoms with Crippen LogP contribution < -0.4 is 10.2 Å². The third-order valence-electron chi connectivity index (χ3n) is 4.47. The number of imide groups is 2. The van der Waals surface area contributed by atoms with Crippen molar-refractivity contribution in [2.45, 2.75) is 6.92 Å². The van der Waals surface area contributed by atoms with E-state index in [1.165, 1.54) is 6.08 Å². The van der Waals surface area contributed by atoms with Crippen LogP contribution in [0.4, 0.5) is 10.5 Å². The van der Waals surface area contributed by atoms with Gasteiger partial charge in [0.15, 0.2) is 0 Å². The highest BCUT2D eigenvalue weighted by atomic mass is 16.2. The van der Waals surface area contributed by atoms with Crippen LogP contribution in [0.5, 0.6) is 0 Å². The van der Waals surface area contributed by atoms with Crippen LogP contribution in [0.2, 0.25) is 0 Å². The Bertz CT molecular complexity index is 1110. The third kappa shape index (κ3) is 3.12. The highest BCUT2D eigenvalue weighted by molar-refractivity contribution is 6.39. The first-order chi connectivity index (χ1) is 13.5. The molecule has 1 aliphatic rings. The number of hydrogen-bond donors (Lipinski definition) is 1. The Morgan fingerprint density at radius 3 is 2.36 bits per heavy atom. The molecule has 6 nitrogen and oxygen atoms in total. The molecular weight excluding hydrogens is 354 g/mol. The lowest BCUT2D eigenvalue weighted by Gasteiger charge is -2.26. The summed E-state index contributed by atoms with van der Waals surface area (Å²) in [6.07, 6.45) is 3.34. The van der Waals surface area contributed by atoms with Crippen molar-refractivity contribution in [2.75, 3.05) is 4.90 Å². The number of rotatable bonds is 3. The second-order valence-corrected chi connectivity index (χ2v) is 6.44. The zero-order valence-electron chi connectivity index (χ0n) is 15.1. The van der Waals surface area contributed by atoms with Crippen molar-refractivity contribution >= 4 is 29.6 Å². The Morgan fingerprint density at radius 2 is 1.61 bits per heavy atom. The van der Waals surface area contributed by atoms with Gasteiger partial charge in [0.25, 0.3) is 11.8 Å². The van der Waals surface area contributed by atoms with Crippen molar-refractivity contribution in [3.8, 4) is 5.69 Å². The molecule has 6 heteroatoms. The largest absolute Gasteiger partial charge is 0.335 e. The van der Waals surface area contributed by atoms with E-state index in [9.17, 15) is 14.4 Å². The minimum absolute atomic E-state index is 0.100. The number of nitrogens with one attached hydrogen (secondary N) is 1. The fourth-order valence-electron chi connectivity index (χ4n) is 3.14. The van der Waals surface area contributed by atoms with Crippen molar-refractivity contribution in [1.29, 1.82) is 0 Å². The van der Waals surface area contributed by atoms with Gasteiger partial charge in [0.05, 0.1) is 5.69 Å². The van der Waals surface area contributed by atoms with Crippen LogP contribution in [-0.2, 0) is 9.59 Å². The van der Waals surface area contributed by atoms with Gasteiger partial charge in [0, 0.05) is 17.6 Å². The molecule has 3 aromatic rings. The van der Waals surface area contributed by atoms with Gasteiger partial charge in [-0.25, -0.2) is 9.69 Å². The van der Waals surface area contributed by atoms with Gasteiger partial charge in [0.2, 0.25) is 0 Å². The number of benzene rings is 2.